The highest BCUT2D eigenvalue weighted by Gasteiger charge is 2.22. The van der Waals surface area contributed by atoms with Crippen LogP contribution in [-0.2, 0) is 0 Å². The molecule has 0 saturated heterocycles. The van der Waals surface area contributed by atoms with Crippen molar-refractivity contribution in [3.8, 4) is 33.4 Å². The molecule has 3 nitrogen and oxygen atoms in total. The van der Waals surface area contributed by atoms with Crippen molar-refractivity contribution in [1.82, 2.24) is 9.38 Å². The van der Waals surface area contributed by atoms with E-state index < -0.39 is 0 Å². The molecule has 0 fully saturated rings. The van der Waals surface area contributed by atoms with Gasteiger partial charge in [0.25, 0.3) is 5.56 Å². The van der Waals surface area contributed by atoms with Crippen LogP contribution >= 0.6 is 0 Å². The third-order valence-corrected chi connectivity index (χ3v) is 7.34. The van der Waals surface area contributed by atoms with Crippen molar-refractivity contribution >= 4 is 38.2 Å². The first-order chi connectivity index (χ1) is 17.3. The third kappa shape index (κ3) is 2.44. The van der Waals surface area contributed by atoms with Gasteiger partial charge >= 0.3 is 0 Å². The minimum Gasteiger partial charge on any atom is -0.268 e. The quantitative estimate of drug-likeness (QED) is 0.194. The number of hydrogen-bond acceptors (Lipinski definition) is 2. The molecule has 8 rings (SSSR count). The summed E-state index contributed by atoms with van der Waals surface area (Å²) in [7, 11) is 0. The van der Waals surface area contributed by atoms with Gasteiger partial charge in [0, 0.05) is 0 Å². The lowest BCUT2D eigenvalue weighted by molar-refractivity contribution is 1.13. The monoisotopic (exact) mass is 446 g/mol. The van der Waals surface area contributed by atoms with Crippen molar-refractivity contribution in [2.24, 2.45) is 0 Å². The summed E-state index contributed by atoms with van der Waals surface area (Å²) in [6, 6.07) is 37.5. The molecule has 0 N–H and O–H groups in total. The number of fused-ring (bicyclic) bond motifs is 7. The van der Waals surface area contributed by atoms with Crippen LogP contribution in [0.5, 0.6) is 0 Å². The predicted molar refractivity (Wildman–Crippen MR) is 144 cm³/mol. The highest BCUT2D eigenvalue weighted by molar-refractivity contribution is 6.18. The first-order valence-electron chi connectivity index (χ1n) is 11.8. The van der Waals surface area contributed by atoms with Crippen LogP contribution in [0, 0.1) is 0 Å². The van der Waals surface area contributed by atoms with E-state index in [0.29, 0.717) is 11.0 Å². The largest absolute Gasteiger partial charge is 0.268 e. The van der Waals surface area contributed by atoms with Gasteiger partial charge in [-0.25, -0.2) is 4.98 Å². The first kappa shape index (κ1) is 18.6. The summed E-state index contributed by atoms with van der Waals surface area (Å²) in [6.45, 7) is 0. The topological polar surface area (TPSA) is 34.4 Å². The summed E-state index contributed by atoms with van der Waals surface area (Å²) < 4.78 is 1.75. The highest BCUT2D eigenvalue weighted by atomic mass is 16.1. The van der Waals surface area contributed by atoms with Gasteiger partial charge in [0.15, 0.2) is 0 Å². The van der Waals surface area contributed by atoms with E-state index in [4.69, 9.17) is 4.98 Å². The Bertz CT molecular complexity index is 2060. The minimum atomic E-state index is -0.0378. The number of nitrogens with zero attached hydrogens (tertiary/aromatic N) is 2. The van der Waals surface area contributed by atoms with Crippen LogP contribution in [0.3, 0.4) is 0 Å². The van der Waals surface area contributed by atoms with Gasteiger partial charge in [0.2, 0.25) is 0 Å². The molecule has 35 heavy (non-hydrogen) atoms. The highest BCUT2D eigenvalue weighted by Crippen LogP contribution is 2.49. The summed E-state index contributed by atoms with van der Waals surface area (Å²) in [5.74, 6) is 0. The predicted octanol–water partition coefficient (Wildman–Crippen LogP) is 7.47. The molecular weight excluding hydrogens is 428 g/mol. The van der Waals surface area contributed by atoms with Crippen molar-refractivity contribution in [2.45, 2.75) is 0 Å². The molecule has 0 atom stereocenters. The zero-order valence-electron chi connectivity index (χ0n) is 18.7. The van der Waals surface area contributed by atoms with E-state index >= 15 is 0 Å². The second kappa shape index (κ2) is 6.64. The standard InChI is InChI=1S/C32H18N2O/c35-32-27-8-3-4-11-28(27)33-30-17-14-19-12-13-20(18-29(19)34(30)32)21-15-16-26-23-7-2-1-6-22(23)25-10-5-9-24(21)31(25)26/h1-18H. The number of aromatic nitrogens is 2. The molecule has 1 aliphatic rings. The molecule has 0 radical (unpaired) electrons. The Hall–Kier alpha value is -4.76. The maximum atomic E-state index is 13.5. The molecule has 2 heterocycles. The van der Waals surface area contributed by atoms with Crippen LogP contribution in [-0.4, -0.2) is 9.38 Å². The zero-order chi connectivity index (χ0) is 23.1. The Kier molecular flexibility index (Phi) is 3.54. The lowest BCUT2D eigenvalue weighted by Crippen LogP contribution is -2.15. The van der Waals surface area contributed by atoms with Crippen molar-refractivity contribution < 1.29 is 0 Å². The fourth-order valence-corrected chi connectivity index (χ4v) is 5.76. The number of rotatable bonds is 1. The molecule has 2 aromatic heterocycles. The first-order valence-corrected chi connectivity index (χ1v) is 11.8. The fraction of sp³-hybridized carbons (Fsp3) is 0. The van der Waals surface area contributed by atoms with Crippen LogP contribution in [0.4, 0.5) is 0 Å². The van der Waals surface area contributed by atoms with E-state index in [1.165, 1.54) is 38.6 Å². The van der Waals surface area contributed by atoms with E-state index in [2.05, 4.69) is 72.8 Å². The molecule has 0 amide bonds. The van der Waals surface area contributed by atoms with Gasteiger partial charge < -0.3 is 0 Å². The van der Waals surface area contributed by atoms with E-state index in [1.54, 1.807) is 4.40 Å². The van der Waals surface area contributed by atoms with Gasteiger partial charge in [-0.3, -0.25) is 9.20 Å². The summed E-state index contributed by atoms with van der Waals surface area (Å²) >= 11 is 0. The molecule has 0 bridgehead atoms. The summed E-state index contributed by atoms with van der Waals surface area (Å²) in [6.07, 6.45) is 0. The van der Waals surface area contributed by atoms with Crippen LogP contribution < -0.4 is 5.56 Å². The number of hydrogen-bond donors (Lipinski definition) is 0. The second-order valence-corrected chi connectivity index (χ2v) is 9.17. The Labute approximate surface area is 200 Å². The van der Waals surface area contributed by atoms with E-state index in [1.807, 2.05) is 36.4 Å². The molecule has 0 unspecified atom stereocenters. The van der Waals surface area contributed by atoms with Crippen molar-refractivity contribution in [3.05, 3.63) is 120 Å². The van der Waals surface area contributed by atoms with Crippen LogP contribution in [0.25, 0.3) is 71.6 Å². The Morgan fingerprint density at radius 3 is 2.14 bits per heavy atom. The van der Waals surface area contributed by atoms with Crippen LogP contribution in [0.2, 0.25) is 0 Å². The molecule has 3 heteroatoms. The summed E-state index contributed by atoms with van der Waals surface area (Å²) in [5, 5.41) is 4.17. The van der Waals surface area contributed by atoms with Gasteiger partial charge in [0.1, 0.15) is 5.65 Å². The van der Waals surface area contributed by atoms with Gasteiger partial charge in [-0.05, 0) is 79.9 Å². The average Bonchev–Trinajstić information content (AvgIpc) is 3.24. The molecule has 1 aliphatic carbocycles. The SMILES string of the molecule is O=c1c2ccccc2nc2ccc3ccc(-c4ccc5c6c(cccc46)-c4ccccc4-5)cc3n12. The van der Waals surface area contributed by atoms with Crippen molar-refractivity contribution in [2.75, 3.05) is 0 Å². The second-order valence-electron chi connectivity index (χ2n) is 9.17. The smallest absolute Gasteiger partial charge is 0.266 e. The zero-order valence-corrected chi connectivity index (χ0v) is 18.7. The Morgan fingerprint density at radius 1 is 0.571 bits per heavy atom. The fourth-order valence-electron chi connectivity index (χ4n) is 5.76. The van der Waals surface area contributed by atoms with E-state index in [0.717, 1.165) is 22.0 Å². The van der Waals surface area contributed by atoms with Crippen molar-refractivity contribution in [1.29, 1.82) is 0 Å². The molecule has 5 aromatic carbocycles. The molecular formula is C32H18N2O. The maximum Gasteiger partial charge on any atom is 0.266 e. The molecule has 162 valence electrons. The number of pyridine rings is 1. The molecule has 0 saturated carbocycles. The molecule has 7 aromatic rings. The Balaban J connectivity index is 1.44. The average molecular weight is 447 g/mol. The van der Waals surface area contributed by atoms with Gasteiger partial charge in [0.05, 0.1) is 16.4 Å². The maximum absolute atomic E-state index is 13.5. The van der Waals surface area contributed by atoms with Crippen molar-refractivity contribution in [3.63, 3.8) is 0 Å². The molecule has 0 aliphatic heterocycles. The minimum absolute atomic E-state index is 0.0378. The number of para-hydroxylation sites is 1. The number of benzene rings is 5. The molecule has 0 spiro atoms. The lowest BCUT2D eigenvalue weighted by Gasteiger charge is -2.12. The normalized spacial score (nSPS) is 12.1. The van der Waals surface area contributed by atoms with Crippen LogP contribution in [0.1, 0.15) is 0 Å². The Morgan fingerprint density at radius 2 is 1.26 bits per heavy atom. The lowest BCUT2D eigenvalue weighted by atomic mass is 9.94. The van der Waals surface area contributed by atoms with Gasteiger partial charge in [-0.1, -0.05) is 78.9 Å². The summed E-state index contributed by atoms with van der Waals surface area (Å²) in [5.41, 5.74) is 9.62. The van der Waals surface area contributed by atoms with Gasteiger partial charge in [-0.15, -0.1) is 0 Å². The van der Waals surface area contributed by atoms with Crippen LogP contribution in [0.15, 0.2) is 114 Å². The van der Waals surface area contributed by atoms with E-state index in [-0.39, 0.29) is 5.56 Å². The third-order valence-electron chi connectivity index (χ3n) is 7.34. The van der Waals surface area contributed by atoms with Gasteiger partial charge in [-0.2, -0.15) is 0 Å². The summed E-state index contributed by atoms with van der Waals surface area (Å²) in [4.78, 5) is 18.3. The van der Waals surface area contributed by atoms with E-state index in [9.17, 15) is 4.79 Å².